The molecule has 1 aromatic rings. The van der Waals surface area contributed by atoms with Gasteiger partial charge in [0.15, 0.2) is 0 Å². The highest BCUT2D eigenvalue weighted by Gasteiger charge is 2.31. The predicted octanol–water partition coefficient (Wildman–Crippen LogP) is 2.36. The van der Waals surface area contributed by atoms with Crippen LogP contribution in [0.5, 0.6) is 0 Å². The van der Waals surface area contributed by atoms with E-state index in [1.54, 1.807) is 0 Å². The minimum absolute atomic E-state index is 0.104. The second-order valence-corrected chi connectivity index (χ2v) is 4.27. The fourth-order valence-electron chi connectivity index (χ4n) is 2.08. The van der Waals surface area contributed by atoms with Crippen LogP contribution in [0.1, 0.15) is 12.0 Å². The first-order valence-electron chi connectivity index (χ1n) is 5.66. The van der Waals surface area contributed by atoms with Crippen LogP contribution in [0.3, 0.4) is 0 Å². The van der Waals surface area contributed by atoms with Crippen LogP contribution in [0, 0.1) is 23.1 Å². The highest BCUT2D eigenvalue weighted by Crippen LogP contribution is 2.28. The Bertz CT molecular complexity index is 603. The molecule has 1 atom stereocenters. The molecule has 1 aliphatic heterocycles. The van der Waals surface area contributed by atoms with E-state index in [1.165, 1.54) is 23.1 Å². The third kappa shape index (κ3) is 2.64. The van der Waals surface area contributed by atoms with Crippen molar-refractivity contribution in [3.8, 4) is 6.07 Å². The SMILES string of the molecule is N#Cc1ccc(F)c(N2CC(CN=[N+]=[N-])CC2=O)c1. The minimum Gasteiger partial charge on any atom is -0.309 e. The lowest BCUT2D eigenvalue weighted by molar-refractivity contribution is -0.117. The number of hydrogen-bond acceptors (Lipinski definition) is 3. The van der Waals surface area contributed by atoms with E-state index in [1.807, 2.05) is 6.07 Å². The molecule has 1 unspecified atom stereocenters. The summed E-state index contributed by atoms with van der Waals surface area (Å²) in [6.07, 6.45) is 0.218. The predicted molar refractivity (Wildman–Crippen MR) is 65.6 cm³/mol. The van der Waals surface area contributed by atoms with Gasteiger partial charge in [-0.25, -0.2) is 4.39 Å². The maximum Gasteiger partial charge on any atom is 0.227 e. The Hall–Kier alpha value is -2.58. The lowest BCUT2D eigenvalue weighted by Crippen LogP contribution is -2.25. The number of azide groups is 1. The van der Waals surface area contributed by atoms with Crippen LogP contribution in [0.2, 0.25) is 0 Å². The molecule has 0 radical (unpaired) electrons. The van der Waals surface area contributed by atoms with Crippen LogP contribution in [-0.4, -0.2) is 19.0 Å². The lowest BCUT2D eigenvalue weighted by Gasteiger charge is -2.17. The van der Waals surface area contributed by atoms with Crippen LogP contribution in [0.15, 0.2) is 23.3 Å². The van der Waals surface area contributed by atoms with Crippen molar-refractivity contribution in [3.05, 3.63) is 40.0 Å². The number of halogens is 1. The Morgan fingerprint density at radius 2 is 2.42 bits per heavy atom. The van der Waals surface area contributed by atoms with E-state index < -0.39 is 5.82 Å². The molecule has 1 heterocycles. The Labute approximate surface area is 108 Å². The van der Waals surface area contributed by atoms with Crippen molar-refractivity contribution in [1.29, 1.82) is 5.26 Å². The summed E-state index contributed by atoms with van der Waals surface area (Å²) >= 11 is 0. The van der Waals surface area contributed by atoms with Crippen molar-refractivity contribution in [3.63, 3.8) is 0 Å². The Kier molecular flexibility index (Phi) is 3.64. The number of nitrogens with zero attached hydrogens (tertiary/aromatic N) is 5. The second-order valence-electron chi connectivity index (χ2n) is 4.27. The molecule has 1 fully saturated rings. The average Bonchev–Trinajstić information content (AvgIpc) is 2.78. The van der Waals surface area contributed by atoms with Gasteiger partial charge >= 0.3 is 0 Å². The molecule has 7 heteroatoms. The van der Waals surface area contributed by atoms with Gasteiger partial charge < -0.3 is 4.90 Å². The number of anilines is 1. The van der Waals surface area contributed by atoms with Gasteiger partial charge in [0.1, 0.15) is 5.82 Å². The van der Waals surface area contributed by atoms with Crippen molar-refractivity contribution in [2.75, 3.05) is 18.0 Å². The number of carbonyl (C=O) groups excluding carboxylic acids is 1. The van der Waals surface area contributed by atoms with Crippen LogP contribution < -0.4 is 4.90 Å². The van der Waals surface area contributed by atoms with E-state index >= 15 is 0 Å². The van der Waals surface area contributed by atoms with Crippen molar-refractivity contribution >= 4 is 11.6 Å². The minimum atomic E-state index is -0.545. The fourth-order valence-corrected chi connectivity index (χ4v) is 2.08. The first kappa shape index (κ1) is 12.9. The number of amides is 1. The largest absolute Gasteiger partial charge is 0.309 e. The van der Waals surface area contributed by atoms with Gasteiger partial charge in [-0.15, -0.1) is 0 Å². The van der Waals surface area contributed by atoms with E-state index in [0.717, 1.165) is 0 Å². The van der Waals surface area contributed by atoms with Crippen molar-refractivity contribution in [2.45, 2.75) is 6.42 Å². The number of carbonyl (C=O) groups is 1. The molecule has 0 bridgehead atoms. The zero-order valence-electron chi connectivity index (χ0n) is 9.95. The van der Waals surface area contributed by atoms with Gasteiger partial charge in [-0.2, -0.15) is 5.26 Å². The van der Waals surface area contributed by atoms with E-state index in [9.17, 15) is 9.18 Å². The van der Waals surface area contributed by atoms with Crippen molar-refractivity contribution < 1.29 is 9.18 Å². The molecule has 96 valence electrons. The van der Waals surface area contributed by atoms with Crippen molar-refractivity contribution in [2.24, 2.45) is 11.0 Å². The Morgan fingerprint density at radius 3 is 3.11 bits per heavy atom. The third-order valence-corrected chi connectivity index (χ3v) is 2.97. The topological polar surface area (TPSA) is 92.9 Å². The summed E-state index contributed by atoms with van der Waals surface area (Å²) in [5.74, 6) is -0.891. The van der Waals surface area contributed by atoms with Gasteiger partial charge in [-0.05, 0) is 29.6 Å². The summed E-state index contributed by atoms with van der Waals surface area (Å²) in [6, 6.07) is 5.78. The number of rotatable bonds is 3. The van der Waals surface area contributed by atoms with Gasteiger partial charge in [0, 0.05) is 24.4 Å². The molecular weight excluding hydrogens is 249 g/mol. The first-order valence-corrected chi connectivity index (χ1v) is 5.66. The van der Waals surface area contributed by atoms with Crippen LogP contribution in [-0.2, 0) is 4.79 Å². The standard InChI is InChI=1S/C12H10FN5O/c13-10-2-1-8(5-14)3-11(10)18-7-9(4-12(18)19)6-16-17-15/h1-3,9H,4,6-7H2. The molecule has 1 aliphatic rings. The fraction of sp³-hybridized carbons (Fsp3) is 0.333. The molecule has 1 saturated heterocycles. The molecule has 0 aromatic heterocycles. The summed E-state index contributed by atoms with van der Waals surface area (Å²) in [4.78, 5) is 15.8. The average molecular weight is 259 g/mol. The Morgan fingerprint density at radius 1 is 1.63 bits per heavy atom. The first-order chi connectivity index (χ1) is 9.15. The molecular formula is C12H10FN5O. The monoisotopic (exact) mass is 259 g/mol. The quantitative estimate of drug-likeness (QED) is 0.473. The molecule has 0 saturated carbocycles. The smallest absolute Gasteiger partial charge is 0.227 e. The molecule has 0 N–H and O–H groups in total. The zero-order chi connectivity index (χ0) is 13.8. The van der Waals surface area contributed by atoms with Gasteiger partial charge in [0.05, 0.1) is 17.3 Å². The number of nitriles is 1. The van der Waals surface area contributed by atoms with Crippen molar-refractivity contribution in [1.82, 2.24) is 0 Å². The molecule has 19 heavy (non-hydrogen) atoms. The lowest BCUT2D eigenvalue weighted by atomic mass is 10.1. The van der Waals surface area contributed by atoms with Gasteiger partial charge in [-0.3, -0.25) is 4.79 Å². The van der Waals surface area contributed by atoms with Gasteiger partial charge in [0.25, 0.3) is 0 Å². The van der Waals surface area contributed by atoms with Crippen LogP contribution >= 0.6 is 0 Å². The normalized spacial score (nSPS) is 18.0. The Balaban J connectivity index is 2.25. The maximum atomic E-state index is 13.7. The van der Waals surface area contributed by atoms with E-state index in [4.69, 9.17) is 10.8 Å². The summed E-state index contributed by atoms with van der Waals surface area (Å²) < 4.78 is 13.7. The molecule has 6 nitrogen and oxygen atoms in total. The molecule has 1 aromatic carbocycles. The molecule has 1 amide bonds. The molecule has 0 spiro atoms. The second kappa shape index (κ2) is 5.38. The third-order valence-electron chi connectivity index (χ3n) is 2.97. The zero-order valence-corrected chi connectivity index (χ0v) is 9.95. The summed E-state index contributed by atoms with van der Waals surface area (Å²) in [6.45, 7) is 0.502. The van der Waals surface area contributed by atoms with E-state index in [-0.39, 0.29) is 30.5 Å². The maximum absolute atomic E-state index is 13.7. The highest BCUT2D eigenvalue weighted by molar-refractivity contribution is 5.96. The summed E-state index contributed by atoms with van der Waals surface area (Å²) in [5, 5.41) is 12.2. The van der Waals surface area contributed by atoms with Crippen LogP contribution in [0.25, 0.3) is 10.4 Å². The molecule has 0 aliphatic carbocycles. The number of benzene rings is 1. The van der Waals surface area contributed by atoms with Gasteiger partial charge in [-0.1, -0.05) is 5.11 Å². The van der Waals surface area contributed by atoms with Crippen LogP contribution in [0.4, 0.5) is 10.1 Å². The van der Waals surface area contributed by atoms with E-state index in [2.05, 4.69) is 10.0 Å². The molecule has 2 rings (SSSR count). The summed E-state index contributed by atoms with van der Waals surface area (Å²) in [5.41, 5.74) is 8.65. The highest BCUT2D eigenvalue weighted by atomic mass is 19.1. The number of hydrogen-bond donors (Lipinski definition) is 0. The van der Waals surface area contributed by atoms with Gasteiger partial charge in [0.2, 0.25) is 5.91 Å². The van der Waals surface area contributed by atoms with E-state index in [0.29, 0.717) is 12.1 Å². The summed E-state index contributed by atoms with van der Waals surface area (Å²) in [7, 11) is 0.